The number of hydrogen-bond acceptors (Lipinski definition) is 8. The van der Waals surface area contributed by atoms with E-state index in [0.717, 1.165) is 0 Å². The normalized spacial score (nSPS) is 17.6. The molecule has 1 amide bonds. The van der Waals surface area contributed by atoms with E-state index >= 15 is 0 Å². The number of aromatic nitrogens is 2. The number of aryl methyl sites for hydroxylation is 1. The fraction of sp³-hybridized carbons (Fsp3) is 0.300. The molecule has 0 bridgehead atoms. The molecule has 0 aliphatic carbocycles. The standard InChI is InChI=1S/C30H31N3O7/c1-3-14-38-22-8-6-20(17-24(22)37-4-2)27-26(28(34)21-7-9-23-25(18-21)40-16-15-39-23)29(35)30(36)33(27)12-5-11-32-13-10-31-19-32/h3,6-10,13,17-19,27,34H,1,4-5,11-12,14-16H2,2H3/b28-26+/t27-/m0/s1. The van der Waals surface area contributed by atoms with E-state index in [4.69, 9.17) is 18.9 Å². The molecule has 2 aliphatic rings. The van der Waals surface area contributed by atoms with Crippen LogP contribution >= 0.6 is 0 Å². The fourth-order valence-corrected chi connectivity index (χ4v) is 4.88. The van der Waals surface area contributed by atoms with Gasteiger partial charge in [0.1, 0.15) is 25.6 Å². The van der Waals surface area contributed by atoms with Crippen molar-refractivity contribution in [3.05, 3.63) is 84.5 Å². The molecule has 10 nitrogen and oxygen atoms in total. The summed E-state index contributed by atoms with van der Waals surface area (Å²) in [5.41, 5.74) is 0.948. The predicted molar refractivity (Wildman–Crippen MR) is 147 cm³/mol. The van der Waals surface area contributed by atoms with Crippen molar-refractivity contribution in [3.63, 3.8) is 0 Å². The number of fused-ring (bicyclic) bond motifs is 1. The van der Waals surface area contributed by atoms with Crippen molar-refractivity contribution in [3.8, 4) is 23.0 Å². The van der Waals surface area contributed by atoms with Gasteiger partial charge in [0.25, 0.3) is 11.7 Å². The number of amides is 1. The van der Waals surface area contributed by atoms with Crippen molar-refractivity contribution in [2.24, 2.45) is 0 Å². The summed E-state index contributed by atoms with van der Waals surface area (Å²) in [5, 5.41) is 11.5. The molecule has 0 unspecified atom stereocenters. The largest absolute Gasteiger partial charge is 0.507 e. The Kier molecular flexibility index (Phi) is 8.04. The Morgan fingerprint density at radius 1 is 1.10 bits per heavy atom. The third kappa shape index (κ3) is 5.38. The molecule has 2 aromatic carbocycles. The van der Waals surface area contributed by atoms with Gasteiger partial charge in [0.15, 0.2) is 23.0 Å². The van der Waals surface area contributed by atoms with Gasteiger partial charge in [-0.15, -0.1) is 0 Å². The number of nitrogens with zero attached hydrogens (tertiary/aromatic N) is 3. The number of aliphatic hydroxyl groups excluding tert-OH is 1. The van der Waals surface area contributed by atoms with Crippen molar-refractivity contribution in [2.45, 2.75) is 25.9 Å². The molecule has 1 saturated heterocycles. The van der Waals surface area contributed by atoms with Gasteiger partial charge in [-0.25, -0.2) is 4.98 Å². The van der Waals surface area contributed by atoms with Crippen LogP contribution in [0, 0.1) is 0 Å². The van der Waals surface area contributed by atoms with Crippen LogP contribution in [0.15, 0.2) is 73.3 Å². The van der Waals surface area contributed by atoms with Gasteiger partial charge in [-0.05, 0) is 49.2 Å². The lowest BCUT2D eigenvalue weighted by Crippen LogP contribution is -2.31. The number of hydrogen-bond donors (Lipinski definition) is 1. The van der Waals surface area contributed by atoms with Crippen LogP contribution in [-0.4, -0.2) is 64.2 Å². The second-order valence-electron chi connectivity index (χ2n) is 9.24. The molecule has 3 heterocycles. The van der Waals surface area contributed by atoms with Gasteiger partial charge in [-0.2, -0.15) is 0 Å². The Bertz CT molecular complexity index is 1430. The summed E-state index contributed by atoms with van der Waals surface area (Å²) in [5.74, 6) is 0.256. The highest BCUT2D eigenvalue weighted by molar-refractivity contribution is 6.46. The van der Waals surface area contributed by atoms with Crippen LogP contribution in [0.5, 0.6) is 23.0 Å². The molecule has 2 aliphatic heterocycles. The molecule has 208 valence electrons. The van der Waals surface area contributed by atoms with Gasteiger partial charge < -0.3 is 33.5 Å². The highest BCUT2D eigenvalue weighted by atomic mass is 16.6. The van der Waals surface area contributed by atoms with Crippen molar-refractivity contribution < 1.29 is 33.6 Å². The summed E-state index contributed by atoms with van der Waals surface area (Å²) in [6.07, 6.45) is 7.42. The van der Waals surface area contributed by atoms with Crippen LogP contribution in [0.3, 0.4) is 0 Å². The predicted octanol–water partition coefficient (Wildman–Crippen LogP) is 4.13. The second-order valence-corrected chi connectivity index (χ2v) is 9.24. The lowest BCUT2D eigenvalue weighted by molar-refractivity contribution is -0.139. The number of ether oxygens (including phenoxy) is 4. The topological polar surface area (TPSA) is 112 Å². The van der Waals surface area contributed by atoms with Gasteiger partial charge >= 0.3 is 0 Å². The van der Waals surface area contributed by atoms with Crippen LogP contribution in [0.2, 0.25) is 0 Å². The molecular weight excluding hydrogens is 514 g/mol. The number of carbonyl (C=O) groups is 2. The number of ketones is 1. The lowest BCUT2D eigenvalue weighted by atomic mass is 9.94. The molecular formula is C30H31N3O7. The third-order valence-corrected chi connectivity index (χ3v) is 6.67. The van der Waals surface area contributed by atoms with E-state index < -0.39 is 17.7 Å². The summed E-state index contributed by atoms with van der Waals surface area (Å²) >= 11 is 0. The molecule has 1 aromatic heterocycles. The van der Waals surface area contributed by atoms with Crippen molar-refractivity contribution in [2.75, 3.05) is 33.0 Å². The van der Waals surface area contributed by atoms with Crippen molar-refractivity contribution >= 4 is 17.4 Å². The SMILES string of the molecule is C=CCOc1ccc([C@H]2/C(=C(\O)c3ccc4c(c3)OCCO4)C(=O)C(=O)N2CCCn2ccnc2)cc1OCC. The van der Waals surface area contributed by atoms with E-state index in [1.807, 2.05) is 17.7 Å². The Balaban J connectivity index is 1.56. The van der Waals surface area contributed by atoms with Gasteiger partial charge in [0, 0.05) is 31.0 Å². The number of likely N-dealkylation sites (tertiary alicyclic amines) is 1. The summed E-state index contributed by atoms with van der Waals surface area (Å²) in [4.78, 5) is 32.4. The van der Waals surface area contributed by atoms with Crippen LogP contribution in [0.4, 0.5) is 0 Å². The molecule has 1 fully saturated rings. The summed E-state index contributed by atoms with van der Waals surface area (Å²) in [6, 6.07) is 9.35. The Hall–Kier alpha value is -4.73. The number of carbonyl (C=O) groups excluding carboxylic acids is 2. The van der Waals surface area contributed by atoms with Crippen LogP contribution in [0.25, 0.3) is 5.76 Å². The zero-order chi connectivity index (χ0) is 28.1. The highest BCUT2D eigenvalue weighted by Crippen LogP contribution is 2.43. The van der Waals surface area contributed by atoms with E-state index in [0.29, 0.717) is 66.9 Å². The molecule has 40 heavy (non-hydrogen) atoms. The fourth-order valence-electron chi connectivity index (χ4n) is 4.88. The Labute approximate surface area is 232 Å². The quantitative estimate of drug-likeness (QED) is 0.166. The maximum Gasteiger partial charge on any atom is 0.295 e. The summed E-state index contributed by atoms with van der Waals surface area (Å²) < 4.78 is 24.7. The molecule has 0 saturated carbocycles. The molecule has 0 radical (unpaired) electrons. The zero-order valence-corrected chi connectivity index (χ0v) is 22.2. The monoisotopic (exact) mass is 545 g/mol. The molecule has 5 rings (SSSR count). The van der Waals surface area contributed by atoms with E-state index in [-0.39, 0.29) is 24.5 Å². The molecule has 0 spiro atoms. The van der Waals surface area contributed by atoms with Gasteiger partial charge in [-0.3, -0.25) is 9.59 Å². The minimum atomic E-state index is -0.844. The lowest BCUT2D eigenvalue weighted by Gasteiger charge is -2.26. The maximum absolute atomic E-state index is 13.5. The first-order valence-corrected chi connectivity index (χ1v) is 13.2. The summed E-state index contributed by atoms with van der Waals surface area (Å²) in [7, 11) is 0. The van der Waals surface area contributed by atoms with Crippen LogP contribution in [-0.2, 0) is 16.1 Å². The number of Topliss-reactive ketones (excluding diaryl/α,β-unsaturated/α-hetero) is 1. The molecule has 3 aromatic rings. The van der Waals surface area contributed by atoms with Crippen LogP contribution in [0.1, 0.15) is 30.5 Å². The summed E-state index contributed by atoms with van der Waals surface area (Å²) in [6.45, 7) is 7.91. The van der Waals surface area contributed by atoms with E-state index in [2.05, 4.69) is 11.6 Å². The number of rotatable bonds is 11. The molecule has 1 atom stereocenters. The Morgan fingerprint density at radius 2 is 1.93 bits per heavy atom. The van der Waals surface area contributed by atoms with Gasteiger partial charge in [-0.1, -0.05) is 18.7 Å². The zero-order valence-electron chi connectivity index (χ0n) is 22.2. The third-order valence-electron chi connectivity index (χ3n) is 6.67. The minimum Gasteiger partial charge on any atom is -0.507 e. The first-order valence-electron chi connectivity index (χ1n) is 13.2. The van der Waals surface area contributed by atoms with E-state index in [1.165, 1.54) is 4.90 Å². The van der Waals surface area contributed by atoms with Gasteiger partial charge in [0.05, 0.1) is 24.5 Å². The second kappa shape index (κ2) is 12.0. The first-order chi connectivity index (χ1) is 19.5. The average Bonchev–Trinajstić information content (AvgIpc) is 3.58. The Morgan fingerprint density at radius 3 is 2.67 bits per heavy atom. The van der Waals surface area contributed by atoms with E-state index in [1.54, 1.807) is 55.0 Å². The van der Waals surface area contributed by atoms with E-state index in [9.17, 15) is 14.7 Å². The van der Waals surface area contributed by atoms with Crippen molar-refractivity contribution in [1.82, 2.24) is 14.5 Å². The first kappa shape index (κ1) is 26.9. The number of aliphatic hydroxyl groups is 1. The maximum atomic E-state index is 13.5. The number of imidazole rings is 1. The highest BCUT2D eigenvalue weighted by Gasteiger charge is 2.46. The molecule has 1 N–H and O–H groups in total. The average molecular weight is 546 g/mol. The smallest absolute Gasteiger partial charge is 0.295 e. The van der Waals surface area contributed by atoms with Crippen LogP contribution < -0.4 is 18.9 Å². The minimum absolute atomic E-state index is 0.00785. The number of benzene rings is 2. The van der Waals surface area contributed by atoms with Crippen molar-refractivity contribution in [1.29, 1.82) is 0 Å². The van der Waals surface area contributed by atoms with Gasteiger partial charge in [0.2, 0.25) is 0 Å². The molecule has 10 heteroatoms.